The van der Waals surface area contributed by atoms with Gasteiger partial charge in [0.25, 0.3) is 11.1 Å². The molecule has 146 valence electrons. The summed E-state index contributed by atoms with van der Waals surface area (Å²) in [6, 6.07) is 13.1. The Kier molecular flexibility index (Phi) is 4.41. The van der Waals surface area contributed by atoms with E-state index in [1.807, 2.05) is 36.4 Å². The maximum atomic E-state index is 13.1. The number of pyridine rings is 1. The first-order valence-corrected chi connectivity index (χ1v) is 10.4. The summed E-state index contributed by atoms with van der Waals surface area (Å²) in [5, 5.41) is 13.4. The molecule has 0 unspecified atom stereocenters. The highest BCUT2D eigenvalue weighted by molar-refractivity contribution is 9.10. The van der Waals surface area contributed by atoms with Crippen LogP contribution in [0.5, 0.6) is 0 Å². The lowest BCUT2D eigenvalue weighted by Gasteiger charge is -2.14. The van der Waals surface area contributed by atoms with Gasteiger partial charge in [-0.2, -0.15) is 0 Å². The summed E-state index contributed by atoms with van der Waals surface area (Å²) in [4.78, 5) is 26.2. The van der Waals surface area contributed by atoms with Crippen molar-refractivity contribution in [1.82, 2.24) is 4.57 Å². The van der Waals surface area contributed by atoms with E-state index in [4.69, 9.17) is 9.52 Å². The molecule has 0 aliphatic heterocycles. The molecule has 0 amide bonds. The number of aliphatic hydroxyl groups is 1. The van der Waals surface area contributed by atoms with E-state index >= 15 is 0 Å². The molecule has 1 N–H and O–H groups in total. The molecule has 0 fully saturated rings. The highest BCUT2D eigenvalue weighted by Crippen LogP contribution is 2.37. The van der Waals surface area contributed by atoms with Crippen molar-refractivity contribution in [3.05, 3.63) is 67.6 Å². The van der Waals surface area contributed by atoms with E-state index in [0.717, 1.165) is 32.6 Å². The van der Waals surface area contributed by atoms with E-state index in [-0.39, 0.29) is 17.7 Å². The van der Waals surface area contributed by atoms with Gasteiger partial charge in [0.2, 0.25) is 0 Å². The molecule has 5 aromatic rings. The van der Waals surface area contributed by atoms with Crippen LogP contribution in [0, 0.1) is 0 Å². The molecule has 0 spiro atoms. The number of hydrogen-bond acceptors (Lipinski definition) is 4. The second kappa shape index (κ2) is 6.97. The Labute approximate surface area is 173 Å². The fourth-order valence-corrected chi connectivity index (χ4v) is 4.56. The molecule has 0 aliphatic rings. The molecule has 3 aromatic carbocycles. The molecule has 2 aromatic heterocycles. The minimum atomic E-state index is -0.268. The Hall–Kier alpha value is -2.70. The summed E-state index contributed by atoms with van der Waals surface area (Å²) >= 11 is 3.51. The summed E-state index contributed by atoms with van der Waals surface area (Å²) in [6.07, 6.45) is 2.12. The second-order valence-corrected chi connectivity index (χ2v) is 8.23. The fraction of sp³-hybridized carbons (Fsp3) is 0.217. The van der Waals surface area contributed by atoms with Crippen molar-refractivity contribution < 1.29 is 9.52 Å². The number of fused-ring (bicyclic) bond motifs is 2. The van der Waals surface area contributed by atoms with Gasteiger partial charge in [0.1, 0.15) is 11.2 Å². The van der Waals surface area contributed by atoms with Gasteiger partial charge in [-0.3, -0.25) is 14.2 Å². The van der Waals surface area contributed by atoms with E-state index in [0.29, 0.717) is 41.1 Å². The highest BCUT2D eigenvalue weighted by Gasteiger charge is 2.18. The molecule has 0 saturated carbocycles. The number of aromatic nitrogens is 1. The van der Waals surface area contributed by atoms with Crippen molar-refractivity contribution in [2.24, 2.45) is 0 Å². The monoisotopic (exact) mass is 451 g/mol. The van der Waals surface area contributed by atoms with Gasteiger partial charge in [-0.05, 0) is 61.0 Å². The molecule has 0 saturated heterocycles. The van der Waals surface area contributed by atoms with Crippen molar-refractivity contribution in [2.45, 2.75) is 25.8 Å². The second-order valence-electron chi connectivity index (χ2n) is 7.31. The van der Waals surface area contributed by atoms with Gasteiger partial charge in [0, 0.05) is 44.6 Å². The van der Waals surface area contributed by atoms with Crippen molar-refractivity contribution >= 4 is 59.4 Å². The van der Waals surface area contributed by atoms with Crippen molar-refractivity contribution in [3.63, 3.8) is 0 Å². The molecule has 0 radical (unpaired) electrons. The fourth-order valence-electron chi connectivity index (χ4n) is 4.19. The topological polar surface area (TPSA) is 72.4 Å². The SMILES string of the molecule is O=c1c2ccc3oc4ccc(Br)cc4c4ccc(c(=O)n1CCCCCO)c2c34. The Morgan fingerprint density at radius 2 is 1.48 bits per heavy atom. The summed E-state index contributed by atoms with van der Waals surface area (Å²) in [6.45, 7) is 0.474. The van der Waals surface area contributed by atoms with Crippen LogP contribution in [0.15, 0.2) is 60.9 Å². The van der Waals surface area contributed by atoms with Crippen molar-refractivity contribution in [1.29, 1.82) is 0 Å². The van der Waals surface area contributed by atoms with E-state index in [2.05, 4.69) is 15.9 Å². The summed E-state index contributed by atoms with van der Waals surface area (Å²) in [5.41, 5.74) is 0.876. The van der Waals surface area contributed by atoms with Gasteiger partial charge < -0.3 is 9.52 Å². The van der Waals surface area contributed by atoms with E-state index < -0.39 is 0 Å². The lowest BCUT2D eigenvalue weighted by Crippen LogP contribution is -2.33. The lowest BCUT2D eigenvalue weighted by atomic mass is 9.96. The van der Waals surface area contributed by atoms with Crippen molar-refractivity contribution in [2.75, 3.05) is 6.61 Å². The third-order valence-electron chi connectivity index (χ3n) is 5.57. The molecule has 2 heterocycles. The largest absolute Gasteiger partial charge is 0.456 e. The molecular weight excluding hydrogens is 434 g/mol. The maximum Gasteiger partial charge on any atom is 0.261 e. The molecule has 29 heavy (non-hydrogen) atoms. The van der Waals surface area contributed by atoms with E-state index in [1.165, 1.54) is 4.57 Å². The maximum absolute atomic E-state index is 13.1. The number of rotatable bonds is 5. The zero-order chi connectivity index (χ0) is 20.1. The Morgan fingerprint density at radius 1 is 0.793 bits per heavy atom. The van der Waals surface area contributed by atoms with Crippen LogP contribution in [-0.2, 0) is 6.54 Å². The van der Waals surface area contributed by atoms with Crippen LogP contribution in [-0.4, -0.2) is 16.3 Å². The van der Waals surface area contributed by atoms with Gasteiger partial charge in [-0.1, -0.05) is 22.0 Å². The first kappa shape index (κ1) is 18.3. The molecular formula is C23H18BrNO4. The Balaban J connectivity index is 1.85. The smallest absolute Gasteiger partial charge is 0.261 e. The molecule has 0 atom stereocenters. The standard InChI is InChI=1S/C23H18BrNO4/c24-13-4-8-18-17(12-13)14-5-6-15-20-16(7-9-19(29-18)21(14)20)23(28)25(22(15)27)10-2-1-3-11-26/h4-9,12,26H,1-3,10-11H2. The average Bonchev–Trinajstić information content (AvgIpc) is 2.73. The summed E-state index contributed by atoms with van der Waals surface area (Å²) in [5.74, 6) is 0. The van der Waals surface area contributed by atoms with Crippen LogP contribution >= 0.6 is 15.9 Å². The summed E-state index contributed by atoms with van der Waals surface area (Å²) in [7, 11) is 0. The highest BCUT2D eigenvalue weighted by atomic mass is 79.9. The van der Waals surface area contributed by atoms with E-state index in [9.17, 15) is 9.59 Å². The van der Waals surface area contributed by atoms with Gasteiger partial charge in [0.05, 0.1) is 0 Å². The lowest BCUT2D eigenvalue weighted by molar-refractivity contribution is 0.281. The van der Waals surface area contributed by atoms with Crippen LogP contribution in [0.3, 0.4) is 0 Å². The quantitative estimate of drug-likeness (QED) is 0.237. The van der Waals surface area contributed by atoms with Gasteiger partial charge in [0.15, 0.2) is 0 Å². The third-order valence-corrected chi connectivity index (χ3v) is 6.06. The van der Waals surface area contributed by atoms with Crippen LogP contribution in [0.25, 0.3) is 43.5 Å². The molecule has 0 bridgehead atoms. The van der Waals surface area contributed by atoms with Gasteiger partial charge in [-0.15, -0.1) is 0 Å². The molecule has 5 rings (SSSR count). The zero-order valence-electron chi connectivity index (χ0n) is 15.6. The van der Waals surface area contributed by atoms with E-state index in [1.54, 1.807) is 6.07 Å². The third kappa shape index (κ3) is 2.78. The van der Waals surface area contributed by atoms with Gasteiger partial charge in [-0.25, -0.2) is 0 Å². The minimum absolute atomic E-state index is 0.118. The molecule has 5 nitrogen and oxygen atoms in total. The Morgan fingerprint density at radius 3 is 2.24 bits per heavy atom. The predicted octanol–water partition coefficient (Wildman–Crippen LogP) is 4.78. The van der Waals surface area contributed by atoms with Crippen LogP contribution in [0.1, 0.15) is 19.3 Å². The zero-order valence-corrected chi connectivity index (χ0v) is 17.2. The Bertz CT molecular complexity index is 1470. The van der Waals surface area contributed by atoms with Crippen LogP contribution < -0.4 is 11.1 Å². The average molecular weight is 452 g/mol. The molecule has 0 aliphatic carbocycles. The van der Waals surface area contributed by atoms with Gasteiger partial charge >= 0.3 is 0 Å². The van der Waals surface area contributed by atoms with Crippen LogP contribution in [0.2, 0.25) is 0 Å². The number of halogens is 1. The predicted molar refractivity (Wildman–Crippen MR) is 119 cm³/mol. The molecule has 6 heteroatoms. The normalized spacial score (nSPS) is 12.1. The number of nitrogens with zero attached hydrogens (tertiary/aromatic N) is 1. The number of unbranched alkanes of at least 4 members (excludes halogenated alkanes) is 2. The number of benzene rings is 3. The first-order valence-electron chi connectivity index (χ1n) is 9.64. The number of hydrogen-bond donors (Lipinski definition) is 1. The first-order chi connectivity index (χ1) is 14.1. The minimum Gasteiger partial charge on any atom is -0.456 e. The van der Waals surface area contributed by atoms with Crippen LogP contribution in [0.4, 0.5) is 0 Å². The summed E-state index contributed by atoms with van der Waals surface area (Å²) < 4.78 is 8.35. The number of aliphatic hydroxyl groups excluding tert-OH is 1. The van der Waals surface area contributed by atoms with Crippen molar-refractivity contribution in [3.8, 4) is 0 Å².